The fourth-order valence-corrected chi connectivity index (χ4v) is 1.65. The molecule has 0 saturated heterocycles. The maximum Gasteiger partial charge on any atom is 0.387 e. The minimum atomic E-state index is -2.95. The molecule has 1 aromatic rings. The van der Waals surface area contributed by atoms with Gasteiger partial charge in [-0.05, 0) is 30.2 Å². The maximum atomic E-state index is 12.1. The molecule has 0 spiro atoms. The van der Waals surface area contributed by atoms with Crippen LogP contribution in [0.25, 0.3) is 0 Å². The number of nitrogens with zero attached hydrogens (tertiary/aromatic N) is 1. The van der Waals surface area contributed by atoms with E-state index in [1.807, 2.05) is 6.07 Å². The summed E-state index contributed by atoms with van der Waals surface area (Å²) in [5, 5.41) is 7.67. The minimum Gasteiger partial charge on any atom is -0.435 e. The Bertz CT molecular complexity index is 485. The molecule has 96 valence electrons. The van der Waals surface area contributed by atoms with Crippen molar-refractivity contribution in [3.8, 4) is 11.8 Å². The molecule has 1 atom stereocenters. The summed E-state index contributed by atoms with van der Waals surface area (Å²) in [5.41, 5.74) is 0.846. The van der Waals surface area contributed by atoms with Crippen LogP contribution in [-0.4, -0.2) is 12.4 Å². The summed E-state index contributed by atoms with van der Waals surface area (Å²) in [5.74, 6) is -0.418. The Morgan fingerprint density at radius 2 is 2.22 bits per heavy atom. The van der Waals surface area contributed by atoms with Gasteiger partial charge in [-0.2, -0.15) is 14.0 Å². The van der Waals surface area contributed by atoms with Gasteiger partial charge in [0, 0.05) is 0 Å². The van der Waals surface area contributed by atoms with Gasteiger partial charge in [-0.3, -0.25) is 4.79 Å². The highest BCUT2D eigenvalue weighted by Crippen LogP contribution is 2.29. The lowest BCUT2D eigenvalue weighted by molar-refractivity contribution is -0.116. The first kappa shape index (κ1) is 14.4. The van der Waals surface area contributed by atoms with Gasteiger partial charge in [0.25, 0.3) is 0 Å². The van der Waals surface area contributed by atoms with Crippen LogP contribution in [0.15, 0.2) is 18.2 Å². The second kappa shape index (κ2) is 6.31. The Balaban J connectivity index is 3.15. The van der Waals surface area contributed by atoms with Crippen LogP contribution < -0.4 is 4.74 Å². The zero-order valence-electron chi connectivity index (χ0n) is 9.49. The first-order chi connectivity index (χ1) is 8.45. The summed E-state index contributed by atoms with van der Waals surface area (Å²) in [6, 6.07) is 5.95. The lowest BCUT2D eigenvalue weighted by Crippen LogP contribution is -2.07. The molecule has 1 rings (SSSR count). The fourth-order valence-electron chi connectivity index (χ4n) is 1.45. The average molecular weight is 274 g/mol. The average Bonchev–Trinajstić information content (AvgIpc) is 2.29. The smallest absolute Gasteiger partial charge is 0.387 e. The highest BCUT2D eigenvalue weighted by molar-refractivity contribution is 6.30. The lowest BCUT2D eigenvalue weighted by Gasteiger charge is -2.13. The Morgan fingerprint density at radius 3 is 2.72 bits per heavy atom. The van der Waals surface area contributed by atoms with Crippen molar-refractivity contribution in [2.75, 3.05) is 0 Å². The van der Waals surface area contributed by atoms with Gasteiger partial charge in [-0.25, -0.2) is 0 Å². The van der Waals surface area contributed by atoms with Crippen molar-refractivity contribution >= 4 is 17.4 Å². The molecule has 0 aliphatic carbocycles. The van der Waals surface area contributed by atoms with E-state index in [0.717, 1.165) is 0 Å². The van der Waals surface area contributed by atoms with Gasteiger partial charge in [-0.1, -0.05) is 6.07 Å². The molecule has 0 aliphatic heterocycles. The molecule has 0 radical (unpaired) electrons. The van der Waals surface area contributed by atoms with Crippen LogP contribution in [0.5, 0.6) is 5.75 Å². The van der Waals surface area contributed by atoms with Crippen LogP contribution >= 0.6 is 11.6 Å². The third kappa shape index (κ3) is 3.67. The van der Waals surface area contributed by atoms with Gasteiger partial charge >= 0.3 is 6.61 Å². The molecule has 0 N–H and O–H groups in total. The van der Waals surface area contributed by atoms with Crippen molar-refractivity contribution in [2.45, 2.75) is 25.3 Å². The SMILES string of the molecule is CC(=O)C(Cl)c1cc(OC(F)F)ccc1CC#N. The Morgan fingerprint density at radius 1 is 1.56 bits per heavy atom. The van der Waals surface area contributed by atoms with Crippen LogP contribution in [0.1, 0.15) is 23.4 Å². The molecule has 0 amide bonds. The van der Waals surface area contributed by atoms with Crippen LogP contribution in [0.2, 0.25) is 0 Å². The van der Waals surface area contributed by atoms with E-state index >= 15 is 0 Å². The van der Waals surface area contributed by atoms with E-state index in [1.54, 1.807) is 0 Å². The molecule has 1 aromatic carbocycles. The van der Waals surface area contributed by atoms with Gasteiger partial charge in [0.2, 0.25) is 0 Å². The van der Waals surface area contributed by atoms with Crippen molar-refractivity contribution in [1.29, 1.82) is 5.26 Å². The van der Waals surface area contributed by atoms with Crippen LogP contribution in [0, 0.1) is 11.3 Å². The quantitative estimate of drug-likeness (QED) is 0.774. The topological polar surface area (TPSA) is 50.1 Å². The first-order valence-corrected chi connectivity index (χ1v) is 5.48. The Labute approximate surface area is 108 Å². The summed E-state index contributed by atoms with van der Waals surface area (Å²) in [7, 11) is 0. The summed E-state index contributed by atoms with van der Waals surface area (Å²) in [6.07, 6.45) is 0.0425. The Kier molecular flexibility index (Phi) is 5.05. The fraction of sp³-hybridized carbons (Fsp3) is 0.333. The van der Waals surface area contributed by atoms with E-state index in [2.05, 4.69) is 4.74 Å². The Hall–Kier alpha value is -1.67. The number of ether oxygens (including phenoxy) is 1. The van der Waals surface area contributed by atoms with Crippen molar-refractivity contribution in [1.82, 2.24) is 0 Å². The molecular weight excluding hydrogens is 264 g/mol. The summed E-state index contributed by atoms with van der Waals surface area (Å²) in [4.78, 5) is 11.2. The van der Waals surface area contributed by atoms with E-state index < -0.39 is 12.0 Å². The van der Waals surface area contributed by atoms with Crippen LogP contribution in [0.4, 0.5) is 8.78 Å². The van der Waals surface area contributed by atoms with E-state index in [4.69, 9.17) is 16.9 Å². The minimum absolute atomic E-state index is 0.0425. The maximum absolute atomic E-state index is 12.1. The molecule has 1 unspecified atom stereocenters. The number of rotatable bonds is 5. The number of nitriles is 1. The number of benzene rings is 1. The zero-order valence-corrected chi connectivity index (χ0v) is 10.2. The molecule has 0 aliphatic rings. The summed E-state index contributed by atoms with van der Waals surface area (Å²) in [6.45, 7) is -1.67. The number of carbonyl (C=O) groups is 1. The largest absolute Gasteiger partial charge is 0.435 e. The van der Waals surface area contributed by atoms with Crippen LogP contribution in [0.3, 0.4) is 0 Å². The molecule has 0 saturated carbocycles. The van der Waals surface area contributed by atoms with E-state index in [1.165, 1.54) is 25.1 Å². The number of alkyl halides is 3. The highest BCUT2D eigenvalue weighted by atomic mass is 35.5. The second-order valence-corrected chi connectivity index (χ2v) is 3.98. The van der Waals surface area contributed by atoms with Crippen LogP contribution in [-0.2, 0) is 11.2 Å². The molecular formula is C12H10ClF2NO2. The van der Waals surface area contributed by atoms with Gasteiger partial charge < -0.3 is 4.74 Å². The number of hydrogen-bond donors (Lipinski definition) is 0. The van der Waals surface area contributed by atoms with E-state index in [9.17, 15) is 13.6 Å². The van der Waals surface area contributed by atoms with Gasteiger partial charge in [0.15, 0.2) is 5.78 Å². The first-order valence-electron chi connectivity index (χ1n) is 5.04. The second-order valence-electron chi connectivity index (χ2n) is 3.55. The molecule has 0 bridgehead atoms. The number of Topliss-reactive ketones (excluding diaryl/α,β-unsaturated/α-hetero) is 1. The molecule has 18 heavy (non-hydrogen) atoms. The number of halogens is 3. The van der Waals surface area contributed by atoms with E-state index in [-0.39, 0.29) is 18.0 Å². The van der Waals surface area contributed by atoms with Gasteiger partial charge in [0.1, 0.15) is 11.1 Å². The van der Waals surface area contributed by atoms with Crippen molar-refractivity contribution in [3.05, 3.63) is 29.3 Å². The van der Waals surface area contributed by atoms with E-state index in [0.29, 0.717) is 11.1 Å². The van der Waals surface area contributed by atoms with Gasteiger partial charge in [0.05, 0.1) is 12.5 Å². The number of hydrogen-bond acceptors (Lipinski definition) is 3. The standard InChI is InChI=1S/C12H10ClF2NO2/c1-7(17)11(13)10-6-9(18-12(14)15)3-2-8(10)4-5-16/h2-3,6,11-12H,4H2,1H3. The zero-order chi connectivity index (χ0) is 13.7. The monoisotopic (exact) mass is 273 g/mol. The third-order valence-electron chi connectivity index (χ3n) is 2.24. The lowest BCUT2D eigenvalue weighted by atomic mass is 10.00. The predicted octanol–water partition coefficient (Wildman–Crippen LogP) is 3.22. The molecule has 0 fully saturated rings. The normalized spacial score (nSPS) is 12.0. The number of carbonyl (C=O) groups excluding carboxylic acids is 1. The molecule has 3 nitrogen and oxygen atoms in total. The highest BCUT2D eigenvalue weighted by Gasteiger charge is 2.18. The molecule has 0 aromatic heterocycles. The van der Waals surface area contributed by atoms with Crippen molar-refractivity contribution < 1.29 is 18.3 Å². The van der Waals surface area contributed by atoms with Crippen molar-refractivity contribution in [3.63, 3.8) is 0 Å². The summed E-state index contributed by atoms with van der Waals surface area (Å²) >= 11 is 5.89. The van der Waals surface area contributed by atoms with Crippen molar-refractivity contribution in [2.24, 2.45) is 0 Å². The third-order valence-corrected chi connectivity index (χ3v) is 2.78. The molecule has 6 heteroatoms. The van der Waals surface area contributed by atoms with Gasteiger partial charge in [-0.15, -0.1) is 11.6 Å². The summed E-state index contributed by atoms with van der Waals surface area (Å²) < 4.78 is 28.4. The predicted molar refractivity (Wildman–Crippen MR) is 61.7 cm³/mol. The molecule has 0 heterocycles. The number of ketones is 1.